The fraction of sp³-hybridized carbons (Fsp3) is 0.619. The summed E-state index contributed by atoms with van der Waals surface area (Å²) >= 11 is 0. The molecule has 6 nitrogen and oxygen atoms in total. The van der Waals surface area contributed by atoms with Gasteiger partial charge in [0.05, 0.1) is 0 Å². The molecule has 0 spiro atoms. The molecule has 1 aromatic rings. The molecule has 27 heavy (non-hydrogen) atoms. The standard InChI is InChI=1S/C21H33N5O/c1-4-23-21(24-17-9-11-26(12-10-17)20(22)27)25-19-13-18(19)16-7-5-15(6-8-16)14(2)3/h5-8,14,17-19H,4,9-13H2,1-3H3,(H2,22,27)(H2,23,24,25). The minimum Gasteiger partial charge on any atom is -0.354 e. The number of hydrogen-bond acceptors (Lipinski definition) is 2. The Morgan fingerprint density at radius 3 is 2.44 bits per heavy atom. The van der Waals surface area contributed by atoms with Crippen LogP contribution in [0.5, 0.6) is 0 Å². The largest absolute Gasteiger partial charge is 0.354 e. The van der Waals surface area contributed by atoms with Crippen molar-refractivity contribution >= 4 is 12.0 Å². The Labute approximate surface area is 162 Å². The number of urea groups is 1. The Morgan fingerprint density at radius 1 is 1.22 bits per heavy atom. The van der Waals surface area contributed by atoms with Crippen LogP contribution in [0, 0.1) is 0 Å². The van der Waals surface area contributed by atoms with Gasteiger partial charge >= 0.3 is 6.03 Å². The number of hydrogen-bond donors (Lipinski definition) is 3. The van der Waals surface area contributed by atoms with E-state index in [9.17, 15) is 4.79 Å². The molecule has 1 aliphatic carbocycles. The van der Waals surface area contributed by atoms with Crippen LogP contribution in [0.25, 0.3) is 0 Å². The average Bonchev–Trinajstić information content (AvgIpc) is 3.41. The van der Waals surface area contributed by atoms with E-state index in [1.165, 1.54) is 11.1 Å². The number of rotatable bonds is 5. The molecule has 1 aromatic carbocycles. The van der Waals surface area contributed by atoms with Crippen LogP contribution in [-0.4, -0.2) is 48.6 Å². The van der Waals surface area contributed by atoms with Crippen LogP contribution in [0.15, 0.2) is 29.3 Å². The molecule has 1 saturated carbocycles. The predicted molar refractivity (Wildman–Crippen MR) is 110 cm³/mol. The van der Waals surface area contributed by atoms with Gasteiger partial charge in [0.15, 0.2) is 5.96 Å². The number of likely N-dealkylation sites (tertiary alicyclic amines) is 1. The summed E-state index contributed by atoms with van der Waals surface area (Å²) in [6, 6.07) is 9.50. The van der Waals surface area contributed by atoms with Crippen LogP contribution in [0.2, 0.25) is 0 Å². The molecule has 2 unspecified atom stereocenters. The van der Waals surface area contributed by atoms with Crippen molar-refractivity contribution in [2.45, 2.75) is 64.0 Å². The summed E-state index contributed by atoms with van der Waals surface area (Å²) in [7, 11) is 0. The van der Waals surface area contributed by atoms with E-state index in [0.717, 1.165) is 31.8 Å². The van der Waals surface area contributed by atoms with Gasteiger partial charge in [0.25, 0.3) is 0 Å². The van der Waals surface area contributed by atoms with Crippen LogP contribution in [-0.2, 0) is 0 Å². The number of benzene rings is 1. The highest BCUT2D eigenvalue weighted by atomic mass is 16.2. The van der Waals surface area contributed by atoms with Gasteiger partial charge in [-0.3, -0.25) is 4.99 Å². The van der Waals surface area contributed by atoms with E-state index in [1.54, 1.807) is 4.90 Å². The monoisotopic (exact) mass is 371 g/mol. The number of amides is 2. The van der Waals surface area contributed by atoms with Crippen LogP contribution in [0.1, 0.15) is 63.0 Å². The average molecular weight is 372 g/mol. The number of aliphatic imine (C=N–C) groups is 1. The molecular weight excluding hydrogens is 338 g/mol. The lowest BCUT2D eigenvalue weighted by Crippen LogP contribution is -2.51. The van der Waals surface area contributed by atoms with Gasteiger partial charge in [0, 0.05) is 37.6 Å². The quantitative estimate of drug-likeness (QED) is 0.550. The summed E-state index contributed by atoms with van der Waals surface area (Å²) in [6.45, 7) is 8.67. The van der Waals surface area contributed by atoms with Gasteiger partial charge in [0.2, 0.25) is 0 Å². The SMILES string of the molecule is CCN=C(NC1CCN(C(N)=O)CC1)NC1CC1c1ccc(C(C)C)cc1. The van der Waals surface area contributed by atoms with Crippen molar-refractivity contribution in [3.8, 4) is 0 Å². The number of piperidine rings is 1. The predicted octanol–water partition coefficient (Wildman–Crippen LogP) is 2.76. The van der Waals surface area contributed by atoms with E-state index in [2.05, 4.69) is 53.7 Å². The van der Waals surface area contributed by atoms with Crippen molar-refractivity contribution in [2.24, 2.45) is 10.7 Å². The third-order valence-electron chi connectivity index (χ3n) is 5.61. The van der Waals surface area contributed by atoms with Crippen molar-refractivity contribution < 1.29 is 4.79 Å². The van der Waals surface area contributed by atoms with Crippen LogP contribution < -0.4 is 16.4 Å². The number of nitrogens with two attached hydrogens (primary N) is 1. The van der Waals surface area contributed by atoms with E-state index in [0.29, 0.717) is 37.0 Å². The zero-order valence-electron chi connectivity index (χ0n) is 16.7. The van der Waals surface area contributed by atoms with Gasteiger partial charge in [-0.25, -0.2) is 4.79 Å². The second-order valence-corrected chi connectivity index (χ2v) is 7.98. The van der Waals surface area contributed by atoms with Gasteiger partial charge < -0.3 is 21.3 Å². The molecule has 1 saturated heterocycles. The molecular formula is C21H33N5O. The third-order valence-corrected chi connectivity index (χ3v) is 5.61. The zero-order valence-corrected chi connectivity index (χ0v) is 16.7. The molecule has 1 aliphatic heterocycles. The first-order chi connectivity index (χ1) is 13.0. The lowest BCUT2D eigenvalue weighted by Gasteiger charge is -2.32. The fourth-order valence-corrected chi connectivity index (χ4v) is 3.76. The minimum atomic E-state index is -0.321. The number of guanidine groups is 1. The first-order valence-electron chi connectivity index (χ1n) is 10.2. The van der Waals surface area contributed by atoms with Crippen molar-refractivity contribution in [3.05, 3.63) is 35.4 Å². The Morgan fingerprint density at radius 2 is 1.89 bits per heavy atom. The molecule has 3 rings (SSSR count). The summed E-state index contributed by atoms with van der Waals surface area (Å²) in [5.74, 6) is 2.02. The second-order valence-electron chi connectivity index (χ2n) is 7.98. The molecule has 0 radical (unpaired) electrons. The van der Waals surface area contributed by atoms with Gasteiger partial charge in [-0.2, -0.15) is 0 Å². The number of primary amides is 1. The van der Waals surface area contributed by atoms with Crippen molar-refractivity contribution in [1.82, 2.24) is 15.5 Å². The summed E-state index contributed by atoms with van der Waals surface area (Å²) < 4.78 is 0. The van der Waals surface area contributed by atoms with Crippen LogP contribution >= 0.6 is 0 Å². The number of carbonyl (C=O) groups excluding carboxylic acids is 1. The normalized spacial score (nSPS) is 23.4. The Hall–Kier alpha value is -2.24. The highest BCUT2D eigenvalue weighted by Gasteiger charge is 2.39. The molecule has 4 N–H and O–H groups in total. The minimum absolute atomic E-state index is 0.321. The van der Waals surface area contributed by atoms with Gasteiger partial charge in [-0.15, -0.1) is 0 Å². The van der Waals surface area contributed by atoms with Crippen molar-refractivity contribution in [2.75, 3.05) is 19.6 Å². The summed E-state index contributed by atoms with van der Waals surface area (Å²) in [4.78, 5) is 17.6. The Balaban J connectivity index is 1.51. The second kappa shape index (κ2) is 8.63. The summed E-state index contributed by atoms with van der Waals surface area (Å²) in [5.41, 5.74) is 8.16. The van der Waals surface area contributed by atoms with Gasteiger partial charge in [-0.1, -0.05) is 38.1 Å². The highest BCUT2D eigenvalue weighted by molar-refractivity contribution is 5.81. The van der Waals surface area contributed by atoms with E-state index >= 15 is 0 Å². The Kier molecular flexibility index (Phi) is 6.24. The van der Waals surface area contributed by atoms with Crippen LogP contribution in [0.4, 0.5) is 4.79 Å². The Bertz CT molecular complexity index is 662. The molecule has 1 heterocycles. The van der Waals surface area contributed by atoms with E-state index in [-0.39, 0.29) is 6.03 Å². The molecule has 2 aliphatic rings. The lowest BCUT2D eigenvalue weighted by atomic mass is 10.0. The molecule has 6 heteroatoms. The number of carbonyl (C=O) groups is 1. The zero-order chi connectivity index (χ0) is 19.4. The molecule has 2 fully saturated rings. The van der Waals surface area contributed by atoms with Crippen molar-refractivity contribution in [3.63, 3.8) is 0 Å². The molecule has 2 amide bonds. The van der Waals surface area contributed by atoms with E-state index in [1.807, 2.05) is 6.92 Å². The fourth-order valence-electron chi connectivity index (χ4n) is 3.76. The molecule has 0 bridgehead atoms. The van der Waals surface area contributed by atoms with Crippen LogP contribution in [0.3, 0.4) is 0 Å². The maximum absolute atomic E-state index is 11.3. The molecule has 2 atom stereocenters. The third kappa shape index (κ3) is 5.15. The summed E-state index contributed by atoms with van der Waals surface area (Å²) in [5, 5.41) is 7.14. The van der Waals surface area contributed by atoms with E-state index < -0.39 is 0 Å². The highest BCUT2D eigenvalue weighted by Crippen LogP contribution is 2.41. The molecule has 148 valence electrons. The van der Waals surface area contributed by atoms with Gasteiger partial charge in [-0.05, 0) is 43.2 Å². The smallest absolute Gasteiger partial charge is 0.314 e. The molecule has 0 aromatic heterocycles. The lowest BCUT2D eigenvalue weighted by molar-refractivity contribution is 0.188. The van der Waals surface area contributed by atoms with E-state index in [4.69, 9.17) is 5.73 Å². The topological polar surface area (TPSA) is 82.8 Å². The first kappa shape index (κ1) is 19.5. The first-order valence-corrected chi connectivity index (χ1v) is 10.2. The van der Waals surface area contributed by atoms with Gasteiger partial charge in [0.1, 0.15) is 0 Å². The number of nitrogens with zero attached hydrogens (tertiary/aromatic N) is 2. The summed E-state index contributed by atoms with van der Waals surface area (Å²) in [6.07, 6.45) is 2.95. The maximum atomic E-state index is 11.3. The maximum Gasteiger partial charge on any atom is 0.314 e. The number of nitrogens with one attached hydrogen (secondary N) is 2. The van der Waals surface area contributed by atoms with Crippen molar-refractivity contribution in [1.29, 1.82) is 0 Å².